The van der Waals surface area contributed by atoms with Crippen molar-refractivity contribution >= 4 is 0 Å². The molecule has 0 nitrogen and oxygen atoms in total. The first-order valence-corrected chi connectivity index (χ1v) is 8.00. The summed E-state index contributed by atoms with van der Waals surface area (Å²) >= 11 is 0. The second-order valence-corrected chi connectivity index (χ2v) is 5.66. The van der Waals surface area contributed by atoms with Gasteiger partial charge in [0, 0.05) is 20.1 Å². The molecular formula is C16H32Ir. The minimum Gasteiger partial charge on any atom is -0.0533 e. The predicted octanol–water partition coefficient (Wildman–Crippen LogP) is 6.24. The summed E-state index contributed by atoms with van der Waals surface area (Å²) in [6, 6.07) is 0. The topological polar surface area (TPSA) is 0 Å². The monoisotopic (exact) mass is 417 g/mol. The van der Waals surface area contributed by atoms with Gasteiger partial charge in [0.15, 0.2) is 0 Å². The number of hydrogen-bond acceptors (Lipinski definition) is 0. The Hall–Kier alpha value is 0.649. The molecule has 2 aliphatic rings. The second-order valence-electron chi connectivity index (χ2n) is 5.66. The molecule has 0 aromatic rings. The van der Waals surface area contributed by atoms with Crippen LogP contribution in [0.25, 0.3) is 0 Å². The fourth-order valence-electron chi connectivity index (χ4n) is 2.83. The van der Waals surface area contributed by atoms with Gasteiger partial charge in [-0.2, -0.15) is 0 Å². The van der Waals surface area contributed by atoms with Crippen molar-refractivity contribution in [2.24, 2.45) is 0 Å². The molecule has 105 valence electrons. The fourth-order valence-corrected chi connectivity index (χ4v) is 2.83. The minimum absolute atomic E-state index is 0. The van der Waals surface area contributed by atoms with E-state index < -0.39 is 0 Å². The van der Waals surface area contributed by atoms with Crippen molar-refractivity contribution < 1.29 is 20.1 Å². The Morgan fingerprint density at radius 2 is 0.235 bits per heavy atom. The molecule has 0 aliphatic heterocycles. The quantitative estimate of drug-likeness (QED) is 0.438. The van der Waals surface area contributed by atoms with E-state index in [1.807, 2.05) is 0 Å². The summed E-state index contributed by atoms with van der Waals surface area (Å²) in [7, 11) is 0. The van der Waals surface area contributed by atoms with Gasteiger partial charge in [-0.1, -0.05) is 103 Å². The Morgan fingerprint density at radius 1 is 0.176 bits per heavy atom. The Balaban J connectivity index is 0.000000284. The zero-order valence-electron chi connectivity index (χ0n) is 11.6. The first-order valence-electron chi connectivity index (χ1n) is 8.00. The van der Waals surface area contributed by atoms with E-state index in [2.05, 4.69) is 0 Å². The summed E-state index contributed by atoms with van der Waals surface area (Å²) in [5.74, 6) is 0. The van der Waals surface area contributed by atoms with Crippen molar-refractivity contribution in [3.63, 3.8) is 0 Å². The van der Waals surface area contributed by atoms with Gasteiger partial charge in [0.05, 0.1) is 0 Å². The third kappa shape index (κ3) is 12.9. The molecule has 0 N–H and O–H groups in total. The predicted molar refractivity (Wildman–Crippen MR) is 73.9 cm³/mol. The molecule has 1 radical (unpaired) electrons. The molecule has 0 aromatic heterocycles. The van der Waals surface area contributed by atoms with Crippen molar-refractivity contribution in [3.8, 4) is 0 Å². The number of hydrogen-bond donors (Lipinski definition) is 0. The minimum atomic E-state index is 0. The Kier molecular flexibility index (Phi) is 15.3. The van der Waals surface area contributed by atoms with Gasteiger partial charge < -0.3 is 0 Å². The molecule has 0 bridgehead atoms. The molecule has 0 heterocycles. The molecule has 0 atom stereocenters. The Bertz CT molecular complexity index is 69.5. The smallest absolute Gasteiger partial charge is 0 e. The van der Waals surface area contributed by atoms with Crippen molar-refractivity contribution in [1.82, 2.24) is 0 Å². The summed E-state index contributed by atoms with van der Waals surface area (Å²) in [4.78, 5) is 0. The van der Waals surface area contributed by atoms with Gasteiger partial charge in [-0.25, -0.2) is 0 Å². The van der Waals surface area contributed by atoms with Crippen LogP contribution < -0.4 is 0 Å². The van der Waals surface area contributed by atoms with Gasteiger partial charge in [-0.05, 0) is 0 Å². The van der Waals surface area contributed by atoms with Crippen LogP contribution in [-0.2, 0) is 20.1 Å². The van der Waals surface area contributed by atoms with Crippen molar-refractivity contribution in [2.45, 2.75) is 103 Å². The van der Waals surface area contributed by atoms with E-state index in [9.17, 15) is 0 Å². The fraction of sp³-hybridized carbons (Fsp3) is 1.00. The van der Waals surface area contributed by atoms with Crippen LogP contribution in [0.4, 0.5) is 0 Å². The molecule has 2 saturated carbocycles. The summed E-state index contributed by atoms with van der Waals surface area (Å²) < 4.78 is 0. The third-order valence-electron chi connectivity index (χ3n) is 4.00. The average molecular weight is 417 g/mol. The molecule has 0 unspecified atom stereocenters. The van der Waals surface area contributed by atoms with Gasteiger partial charge in [0.1, 0.15) is 0 Å². The van der Waals surface area contributed by atoms with Crippen LogP contribution in [0.15, 0.2) is 0 Å². The zero-order valence-corrected chi connectivity index (χ0v) is 14.0. The Morgan fingerprint density at radius 3 is 0.294 bits per heavy atom. The largest absolute Gasteiger partial charge is 0.0533 e. The summed E-state index contributed by atoms with van der Waals surface area (Å²) in [6.45, 7) is 0. The summed E-state index contributed by atoms with van der Waals surface area (Å²) in [6.07, 6.45) is 24.0. The Labute approximate surface area is 123 Å². The van der Waals surface area contributed by atoms with E-state index in [1.165, 1.54) is 103 Å². The molecule has 0 saturated heterocycles. The van der Waals surface area contributed by atoms with E-state index in [0.717, 1.165) is 0 Å². The number of rotatable bonds is 0. The van der Waals surface area contributed by atoms with Crippen LogP contribution in [0.3, 0.4) is 0 Å². The van der Waals surface area contributed by atoms with Crippen molar-refractivity contribution in [3.05, 3.63) is 0 Å². The third-order valence-corrected chi connectivity index (χ3v) is 4.00. The van der Waals surface area contributed by atoms with Gasteiger partial charge in [-0.3, -0.25) is 0 Å². The van der Waals surface area contributed by atoms with E-state index >= 15 is 0 Å². The van der Waals surface area contributed by atoms with Gasteiger partial charge in [-0.15, -0.1) is 0 Å². The molecule has 2 rings (SSSR count). The van der Waals surface area contributed by atoms with Crippen LogP contribution in [-0.4, -0.2) is 0 Å². The second kappa shape index (κ2) is 14.7. The van der Waals surface area contributed by atoms with Gasteiger partial charge in [0.2, 0.25) is 0 Å². The molecule has 2 aliphatic carbocycles. The molecule has 17 heavy (non-hydrogen) atoms. The molecular weight excluding hydrogens is 384 g/mol. The van der Waals surface area contributed by atoms with Crippen LogP contribution in [0.2, 0.25) is 0 Å². The SMILES string of the molecule is C1CCCCCCC1.C1CCCCCCC1.[Ir]. The first-order chi connectivity index (χ1) is 8.00. The van der Waals surface area contributed by atoms with E-state index in [0.29, 0.717) is 0 Å². The van der Waals surface area contributed by atoms with Crippen molar-refractivity contribution in [2.75, 3.05) is 0 Å². The maximum Gasteiger partial charge on any atom is 0 e. The molecule has 0 aromatic carbocycles. The summed E-state index contributed by atoms with van der Waals surface area (Å²) in [5, 5.41) is 0. The van der Waals surface area contributed by atoms with Crippen molar-refractivity contribution in [1.29, 1.82) is 0 Å². The van der Waals surface area contributed by atoms with Gasteiger partial charge >= 0.3 is 0 Å². The average Bonchev–Trinajstić information content (AvgIpc) is 2.15. The standard InChI is InChI=1S/2C8H16.Ir/c2*1-2-4-6-8-7-5-3-1;/h2*1-8H2;. The van der Waals surface area contributed by atoms with E-state index in [1.54, 1.807) is 0 Å². The molecule has 2 fully saturated rings. The normalized spacial score (nSPS) is 22.6. The molecule has 0 amide bonds. The van der Waals surface area contributed by atoms with Crippen LogP contribution in [0.5, 0.6) is 0 Å². The zero-order chi connectivity index (χ0) is 11.3. The molecule has 0 spiro atoms. The van der Waals surface area contributed by atoms with Gasteiger partial charge in [0.25, 0.3) is 0 Å². The van der Waals surface area contributed by atoms with Crippen LogP contribution in [0.1, 0.15) is 103 Å². The van der Waals surface area contributed by atoms with Crippen LogP contribution >= 0.6 is 0 Å². The maximum absolute atomic E-state index is 1.50. The first kappa shape index (κ1) is 17.6. The maximum atomic E-state index is 1.50. The molecule has 1 heteroatoms. The van der Waals surface area contributed by atoms with E-state index in [4.69, 9.17) is 0 Å². The van der Waals surface area contributed by atoms with E-state index in [-0.39, 0.29) is 20.1 Å². The van der Waals surface area contributed by atoms with Crippen LogP contribution in [0, 0.1) is 0 Å². The summed E-state index contributed by atoms with van der Waals surface area (Å²) in [5.41, 5.74) is 0.